The predicted molar refractivity (Wildman–Crippen MR) is 85.3 cm³/mol. The highest BCUT2D eigenvalue weighted by Gasteiger charge is 2.15. The zero-order valence-corrected chi connectivity index (χ0v) is 13.0. The zero-order chi connectivity index (χ0) is 15.4. The standard InChI is InChI=1S/C16H15ClO3S/c1-10-14(8-7-12(15(10)17)16(19)20)21-9-13(18)11-5-3-2-4-6-11/h2-8,13,18H,9H2,1H3,(H,19,20). The molecule has 0 bridgehead atoms. The molecule has 2 N–H and O–H groups in total. The van der Waals surface area contributed by atoms with Gasteiger partial charge in [-0.25, -0.2) is 4.79 Å². The number of carboxylic acids is 1. The first-order valence-electron chi connectivity index (χ1n) is 6.39. The molecule has 110 valence electrons. The van der Waals surface area contributed by atoms with Crippen LogP contribution in [0.15, 0.2) is 47.4 Å². The molecule has 2 aromatic rings. The molecular formula is C16H15ClO3S. The van der Waals surface area contributed by atoms with E-state index in [-0.39, 0.29) is 10.6 Å². The van der Waals surface area contributed by atoms with E-state index in [1.807, 2.05) is 30.3 Å². The van der Waals surface area contributed by atoms with Gasteiger partial charge in [-0.1, -0.05) is 41.9 Å². The van der Waals surface area contributed by atoms with E-state index in [1.54, 1.807) is 13.0 Å². The van der Waals surface area contributed by atoms with Crippen LogP contribution in [-0.2, 0) is 0 Å². The van der Waals surface area contributed by atoms with Crippen LogP contribution in [0.4, 0.5) is 0 Å². The minimum Gasteiger partial charge on any atom is -0.478 e. The van der Waals surface area contributed by atoms with Crippen LogP contribution in [0.1, 0.15) is 27.6 Å². The van der Waals surface area contributed by atoms with Crippen molar-refractivity contribution in [2.45, 2.75) is 17.9 Å². The average molecular weight is 323 g/mol. The molecule has 0 heterocycles. The Morgan fingerprint density at radius 1 is 1.24 bits per heavy atom. The van der Waals surface area contributed by atoms with Crippen molar-refractivity contribution in [1.29, 1.82) is 0 Å². The minimum absolute atomic E-state index is 0.0992. The first-order valence-corrected chi connectivity index (χ1v) is 7.75. The molecular weight excluding hydrogens is 308 g/mol. The van der Waals surface area contributed by atoms with Crippen molar-refractivity contribution in [2.75, 3.05) is 5.75 Å². The third kappa shape index (κ3) is 3.79. The monoisotopic (exact) mass is 322 g/mol. The van der Waals surface area contributed by atoms with Gasteiger partial charge in [0, 0.05) is 10.6 Å². The molecule has 1 atom stereocenters. The van der Waals surface area contributed by atoms with E-state index in [9.17, 15) is 9.90 Å². The van der Waals surface area contributed by atoms with Crippen molar-refractivity contribution in [3.8, 4) is 0 Å². The second-order valence-electron chi connectivity index (χ2n) is 4.59. The fraction of sp³-hybridized carbons (Fsp3) is 0.188. The molecule has 0 aliphatic heterocycles. The Kier molecular flexibility index (Phi) is 5.28. The molecule has 0 radical (unpaired) electrons. The average Bonchev–Trinajstić information content (AvgIpc) is 2.49. The van der Waals surface area contributed by atoms with Crippen LogP contribution in [0.25, 0.3) is 0 Å². The van der Waals surface area contributed by atoms with Gasteiger partial charge in [-0.15, -0.1) is 11.8 Å². The maximum absolute atomic E-state index is 11.0. The number of halogens is 1. The summed E-state index contributed by atoms with van der Waals surface area (Å²) in [5.74, 6) is -0.558. The Bertz CT molecular complexity index is 643. The van der Waals surface area contributed by atoms with Gasteiger partial charge in [0.15, 0.2) is 0 Å². The molecule has 0 saturated heterocycles. The number of carboxylic acid groups (broad SMARTS) is 1. The largest absolute Gasteiger partial charge is 0.478 e. The molecule has 21 heavy (non-hydrogen) atoms. The van der Waals surface area contributed by atoms with Crippen molar-refractivity contribution >= 4 is 29.3 Å². The van der Waals surface area contributed by atoms with E-state index >= 15 is 0 Å². The summed E-state index contributed by atoms with van der Waals surface area (Å²) in [5, 5.41) is 19.4. The summed E-state index contributed by atoms with van der Waals surface area (Å²) < 4.78 is 0. The van der Waals surface area contributed by atoms with Gasteiger partial charge in [0.2, 0.25) is 0 Å². The third-order valence-electron chi connectivity index (χ3n) is 3.15. The number of aliphatic hydroxyl groups excluding tert-OH is 1. The maximum atomic E-state index is 11.0. The molecule has 0 amide bonds. The highest BCUT2D eigenvalue weighted by Crippen LogP contribution is 2.32. The van der Waals surface area contributed by atoms with Crippen molar-refractivity contribution in [2.24, 2.45) is 0 Å². The van der Waals surface area contributed by atoms with E-state index in [2.05, 4.69) is 0 Å². The van der Waals surface area contributed by atoms with Crippen molar-refractivity contribution in [3.05, 3.63) is 64.2 Å². The molecule has 0 saturated carbocycles. The quantitative estimate of drug-likeness (QED) is 0.811. The predicted octanol–water partition coefficient (Wildman–Crippen LogP) is 4.17. The van der Waals surface area contributed by atoms with Gasteiger partial charge in [0.05, 0.1) is 16.7 Å². The Labute approximate surface area is 132 Å². The Hall–Kier alpha value is -1.49. The highest BCUT2D eigenvalue weighted by atomic mass is 35.5. The molecule has 0 aliphatic carbocycles. The molecule has 0 aliphatic rings. The SMILES string of the molecule is Cc1c(SCC(O)c2ccccc2)ccc(C(=O)O)c1Cl. The molecule has 1 unspecified atom stereocenters. The number of aliphatic hydroxyl groups is 1. The lowest BCUT2D eigenvalue weighted by molar-refractivity contribution is 0.0697. The van der Waals surface area contributed by atoms with Crippen LogP contribution in [0.3, 0.4) is 0 Å². The van der Waals surface area contributed by atoms with Gasteiger partial charge in [0.1, 0.15) is 0 Å². The smallest absolute Gasteiger partial charge is 0.337 e. The fourth-order valence-electron chi connectivity index (χ4n) is 1.93. The summed E-state index contributed by atoms with van der Waals surface area (Å²) in [6.45, 7) is 1.78. The van der Waals surface area contributed by atoms with Crippen LogP contribution in [0.5, 0.6) is 0 Å². The summed E-state index contributed by atoms with van der Waals surface area (Å²) in [6.07, 6.45) is -0.575. The Morgan fingerprint density at radius 3 is 2.52 bits per heavy atom. The number of thioether (sulfide) groups is 1. The number of carbonyl (C=O) groups is 1. The van der Waals surface area contributed by atoms with Gasteiger partial charge < -0.3 is 10.2 Å². The lowest BCUT2D eigenvalue weighted by Gasteiger charge is -2.13. The van der Waals surface area contributed by atoms with E-state index in [0.717, 1.165) is 16.0 Å². The van der Waals surface area contributed by atoms with E-state index in [1.165, 1.54) is 17.8 Å². The molecule has 2 rings (SSSR count). The van der Waals surface area contributed by atoms with Crippen molar-refractivity contribution in [1.82, 2.24) is 0 Å². The van der Waals surface area contributed by atoms with Crippen LogP contribution >= 0.6 is 23.4 Å². The van der Waals surface area contributed by atoms with Crippen LogP contribution < -0.4 is 0 Å². The number of rotatable bonds is 5. The summed E-state index contributed by atoms with van der Waals surface area (Å²) in [6, 6.07) is 12.6. The first kappa shape index (κ1) is 15.9. The third-order valence-corrected chi connectivity index (χ3v) is 4.87. The fourth-order valence-corrected chi connectivity index (χ4v) is 3.24. The lowest BCUT2D eigenvalue weighted by atomic mass is 10.1. The number of hydrogen-bond acceptors (Lipinski definition) is 3. The number of aromatic carboxylic acids is 1. The van der Waals surface area contributed by atoms with Crippen LogP contribution in [0.2, 0.25) is 5.02 Å². The summed E-state index contributed by atoms with van der Waals surface area (Å²) >= 11 is 7.53. The van der Waals surface area contributed by atoms with Gasteiger partial charge in [-0.2, -0.15) is 0 Å². The summed E-state index contributed by atoms with van der Waals surface area (Å²) in [5.41, 5.74) is 1.68. The van der Waals surface area contributed by atoms with Crippen molar-refractivity contribution < 1.29 is 15.0 Å². The van der Waals surface area contributed by atoms with E-state index in [4.69, 9.17) is 16.7 Å². The second-order valence-corrected chi connectivity index (χ2v) is 6.03. The molecule has 0 spiro atoms. The van der Waals surface area contributed by atoms with Gasteiger partial charge >= 0.3 is 5.97 Å². The van der Waals surface area contributed by atoms with Crippen LogP contribution in [-0.4, -0.2) is 21.9 Å². The highest BCUT2D eigenvalue weighted by molar-refractivity contribution is 7.99. The van der Waals surface area contributed by atoms with Gasteiger partial charge in [-0.05, 0) is 30.2 Å². The van der Waals surface area contributed by atoms with E-state index in [0.29, 0.717) is 5.75 Å². The molecule has 2 aromatic carbocycles. The molecule has 0 fully saturated rings. The number of benzene rings is 2. The molecule has 5 heteroatoms. The van der Waals surface area contributed by atoms with Crippen LogP contribution in [0, 0.1) is 6.92 Å². The maximum Gasteiger partial charge on any atom is 0.337 e. The number of hydrogen-bond donors (Lipinski definition) is 2. The molecule has 0 aromatic heterocycles. The Morgan fingerprint density at radius 2 is 1.90 bits per heavy atom. The molecule has 3 nitrogen and oxygen atoms in total. The zero-order valence-electron chi connectivity index (χ0n) is 11.4. The Balaban J connectivity index is 2.11. The second kappa shape index (κ2) is 6.98. The minimum atomic E-state index is -1.04. The topological polar surface area (TPSA) is 57.5 Å². The summed E-state index contributed by atoms with van der Waals surface area (Å²) in [7, 11) is 0. The summed E-state index contributed by atoms with van der Waals surface area (Å²) in [4.78, 5) is 11.9. The normalized spacial score (nSPS) is 12.1. The first-order chi connectivity index (χ1) is 10.0. The van der Waals surface area contributed by atoms with Gasteiger partial charge in [0.25, 0.3) is 0 Å². The van der Waals surface area contributed by atoms with Gasteiger partial charge in [-0.3, -0.25) is 0 Å². The van der Waals surface area contributed by atoms with E-state index < -0.39 is 12.1 Å². The van der Waals surface area contributed by atoms with Crippen molar-refractivity contribution in [3.63, 3.8) is 0 Å². The lowest BCUT2D eigenvalue weighted by Crippen LogP contribution is -2.02.